The van der Waals surface area contributed by atoms with Crippen molar-refractivity contribution >= 4 is 47.0 Å². The van der Waals surface area contributed by atoms with E-state index >= 15 is 0 Å². The zero-order valence-electron chi connectivity index (χ0n) is 30.7. The molecule has 3 atom stereocenters. The van der Waals surface area contributed by atoms with Crippen molar-refractivity contribution in [3.05, 3.63) is 115 Å². The number of aliphatic imine (C=N–C) groups is 1. The van der Waals surface area contributed by atoms with Crippen LogP contribution in [0.2, 0.25) is 0 Å². The second-order valence-electron chi connectivity index (χ2n) is 11.8. The maximum absolute atomic E-state index is 14.8. The number of methoxy groups -OCH3 is 1. The highest BCUT2D eigenvalue weighted by Crippen LogP contribution is 2.53. The molecule has 0 aliphatic carbocycles. The average Bonchev–Trinajstić information content (AvgIpc) is 3.17. The van der Waals surface area contributed by atoms with Crippen LogP contribution in [0.5, 0.6) is 17.2 Å². The van der Waals surface area contributed by atoms with E-state index < -0.39 is 66.1 Å². The lowest BCUT2D eigenvalue weighted by Gasteiger charge is -2.29. The van der Waals surface area contributed by atoms with Crippen LogP contribution in [-0.4, -0.2) is 80.1 Å². The van der Waals surface area contributed by atoms with Gasteiger partial charge in [-0.15, -0.1) is 0 Å². The van der Waals surface area contributed by atoms with Crippen LogP contribution in [0.3, 0.4) is 0 Å². The third-order valence-corrected chi connectivity index (χ3v) is 10.9. The zero-order valence-corrected chi connectivity index (χ0v) is 32.4. The highest BCUT2D eigenvalue weighted by atomic mass is 32.2. The average molecular weight is 853 g/mol. The van der Waals surface area contributed by atoms with Crippen LogP contribution in [0.15, 0.2) is 119 Å². The Morgan fingerprint density at radius 3 is 1.74 bits per heavy atom. The number of benzene rings is 4. The molecule has 0 radical (unpaired) electrons. The topological polar surface area (TPSA) is 271 Å². The predicted molar refractivity (Wildman–Crippen MR) is 205 cm³/mol. The van der Waals surface area contributed by atoms with E-state index in [2.05, 4.69) is 20.3 Å². The van der Waals surface area contributed by atoms with Crippen molar-refractivity contribution in [2.45, 2.75) is 42.3 Å². The minimum atomic E-state index is -5.08. The first-order valence-electron chi connectivity index (χ1n) is 16.7. The number of hydrogen-bond acceptors (Lipinski definition) is 11. The molecule has 4 rings (SSSR count). The van der Waals surface area contributed by atoms with E-state index in [1.54, 1.807) is 84.9 Å². The van der Waals surface area contributed by atoms with E-state index in [9.17, 15) is 40.8 Å². The molecule has 4 aromatic rings. The Balaban J connectivity index is 0.00000117. The lowest BCUT2D eigenvalue weighted by Crippen LogP contribution is -2.55. The number of ether oxygens (including phenoxy) is 1. The molecule has 9 N–H and O–H groups in total. The standard InChI is InChI=1S/C34H39N6O9PS.C2HF3O2/c1-23(37-33(43)30(22-41)40-51(45,46)29-19-17-26(47-2)18-20-29)32(42)39-31(21-24-13-15-25(16-14-24)38-34(35)36)50(44,48-27-9-5-3-6-10-27)49-28-11-7-4-8-12-28;3-2(4,5)1(6)7/h3-20,23,30-31,40-41H,21-22H2,1-2H3,(H,37,43)(H,39,42)(H4,35,36,38);(H,6,7)/t23-,30+,31?;/m0./s1. The van der Waals surface area contributed by atoms with E-state index in [-0.39, 0.29) is 28.8 Å². The number of hydrogen-bond donors (Lipinski definition) is 7. The Hall–Kier alpha value is -6.15. The molecular weight excluding hydrogens is 812 g/mol. The molecule has 0 aromatic heterocycles. The van der Waals surface area contributed by atoms with Crippen LogP contribution in [0, 0.1) is 0 Å². The summed E-state index contributed by atoms with van der Waals surface area (Å²) in [4.78, 5) is 39.5. The van der Waals surface area contributed by atoms with Gasteiger partial charge in [-0.1, -0.05) is 48.5 Å². The Labute approximate surface area is 330 Å². The van der Waals surface area contributed by atoms with Crippen LogP contribution < -0.4 is 40.6 Å². The molecule has 17 nitrogen and oxygen atoms in total. The fourth-order valence-electron chi connectivity index (χ4n) is 4.58. The number of carboxylic acids is 1. The van der Waals surface area contributed by atoms with Crippen LogP contribution >= 0.6 is 7.60 Å². The summed E-state index contributed by atoms with van der Waals surface area (Å²) in [6, 6.07) is 25.5. The number of nitrogens with one attached hydrogen (secondary N) is 3. The van der Waals surface area contributed by atoms with Gasteiger partial charge in [-0.05, 0) is 73.2 Å². The fourth-order valence-corrected chi connectivity index (χ4v) is 7.61. The molecule has 0 saturated carbocycles. The fraction of sp³-hybridized carbons (Fsp3) is 0.222. The molecule has 58 heavy (non-hydrogen) atoms. The van der Waals surface area contributed by atoms with Gasteiger partial charge in [0, 0.05) is 6.42 Å². The number of nitrogens with two attached hydrogens (primary N) is 2. The van der Waals surface area contributed by atoms with Gasteiger partial charge in [0.2, 0.25) is 21.8 Å². The maximum atomic E-state index is 14.8. The van der Waals surface area contributed by atoms with Crippen molar-refractivity contribution in [3.8, 4) is 17.2 Å². The number of aliphatic carboxylic acids is 1. The number of para-hydroxylation sites is 2. The van der Waals surface area contributed by atoms with Crippen LogP contribution in [0.4, 0.5) is 18.9 Å². The van der Waals surface area contributed by atoms with Gasteiger partial charge in [0.1, 0.15) is 29.3 Å². The molecule has 0 heterocycles. The molecule has 22 heteroatoms. The summed E-state index contributed by atoms with van der Waals surface area (Å²) >= 11 is 0. The number of carboxylic acid groups (broad SMARTS) is 1. The van der Waals surface area contributed by atoms with Crippen LogP contribution in [0.25, 0.3) is 0 Å². The van der Waals surface area contributed by atoms with Crippen molar-refractivity contribution in [1.29, 1.82) is 0 Å². The first kappa shape index (κ1) is 46.2. The van der Waals surface area contributed by atoms with Gasteiger partial charge in [0.25, 0.3) is 0 Å². The third kappa shape index (κ3) is 14.4. The monoisotopic (exact) mass is 852 g/mol. The molecule has 312 valence electrons. The number of alkyl halides is 3. The smallest absolute Gasteiger partial charge is 0.490 e. The maximum Gasteiger partial charge on any atom is 0.490 e. The van der Waals surface area contributed by atoms with Crippen LogP contribution in [-0.2, 0) is 35.4 Å². The molecule has 0 spiro atoms. The summed E-state index contributed by atoms with van der Waals surface area (Å²) in [6.45, 7) is 0.417. The lowest BCUT2D eigenvalue weighted by atomic mass is 10.1. The molecule has 0 aliphatic heterocycles. The number of halogens is 3. The second kappa shape index (κ2) is 20.8. The van der Waals surface area contributed by atoms with E-state index in [4.69, 9.17) is 35.2 Å². The van der Waals surface area contributed by atoms with Crippen LogP contribution in [0.1, 0.15) is 12.5 Å². The van der Waals surface area contributed by atoms with Crippen molar-refractivity contribution in [2.75, 3.05) is 13.7 Å². The first-order valence-corrected chi connectivity index (χ1v) is 19.8. The number of aliphatic hydroxyl groups is 1. The summed E-state index contributed by atoms with van der Waals surface area (Å²) in [7, 11) is -7.18. The van der Waals surface area contributed by atoms with Crippen molar-refractivity contribution < 1.29 is 64.5 Å². The first-order chi connectivity index (χ1) is 27.3. The van der Waals surface area contributed by atoms with Gasteiger partial charge >= 0.3 is 19.7 Å². The number of nitrogens with zero attached hydrogens (tertiary/aromatic N) is 1. The number of amides is 2. The lowest BCUT2D eigenvalue weighted by molar-refractivity contribution is -0.192. The minimum absolute atomic E-state index is 0.0770. The van der Waals surface area contributed by atoms with E-state index in [1.807, 2.05) is 0 Å². The van der Waals surface area contributed by atoms with Gasteiger partial charge in [-0.2, -0.15) is 17.9 Å². The summed E-state index contributed by atoms with van der Waals surface area (Å²) in [5, 5.41) is 22.1. The Kier molecular flexibility index (Phi) is 16.6. The van der Waals surface area contributed by atoms with Crippen molar-refractivity contribution in [3.63, 3.8) is 0 Å². The van der Waals surface area contributed by atoms with Crippen molar-refractivity contribution in [2.24, 2.45) is 16.5 Å². The number of aliphatic hydroxyl groups excluding tert-OH is 1. The molecule has 4 aromatic carbocycles. The minimum Gasteiger partial charge on any atom is -0.497 e. The van der Waals surface area contributed by atoms with E-state index in [1.165, 1.54) is 38.3 Å². The summed E-state index contributed by atoms with van der Waals surface area (Å²) < 4.78 is 91.6. The summed E-state index contributed by atoms with van der Waals surface area (Å²) in [5.74, 6) is -5.21. The highest BCUT2D eigenvalue weighted by Gasteiger charge is 2.42. The third-order valence-electron chi connectivity index (χ3n) is 7.43. The number of carbonyl (C=O) groups is 3. The van der Waals surface area contributed by atoms with Gasteiger partial charge in [-0.25, -0.2) is 22.8 Å². The number of rotatable bonds is 17. The van der Waals surface area contributed by atoms with Gasteiger partial charge in [-0.3, -0.25) is 9.59 Å². The van der Waals surface area contributed by atoms with E-state index in [0.29, 0.717) is 17.0 Å². The number of carbonyl (C=O) groups excluding carboxylic acids is 2. The van der Waals surface area contributed by atoms with Gasteiger partial charge < -0.3 is 46.1 Å². The largest absolute Gasteiger partial charge is 0.497 e. The number of sulfonamides is 1. The molecule has 1 unspecified atom stereocenters. The highest BCUT2D eigenvalue weighted by molar-refractivity contribution is 7.89. The molecule has 0 bridgehead atoms. The quantitative estimate of drug-likeness (QED) is 0.0457. The molecule has 2 amide bonds. The Bertz CT molecular complexity index is 2120. The number of guanidine groups is 1. The molecular formula is C36H40F3N6O11PS. The SMILES string of the molecule is COc1ccc(S(=O)(=O)N[C@H](CO)C(=O)N[C@@H](C)C(=O)NC(Cc2ccc(N=C(N)N)cc2)P(=O)(Oc2ccccc2)Oc2ccccc2)cc1.O=C(O)C(F)(F)F. The zero-order chi connectivity index (χ0) is 43.1. The summed E-state index contributed by atoms with van der Waals surface area (Å²) in [6.07, 6.45) is -5.16. The van der Waals surface area contributed by atoms with Gasteiger partial charge in [0.05, 0.1) is 24.3 Å². The molecule has 0 fully saturated rings. The second-order valence-corrected chi connectivity index (χ2v) is 15.6. The van der Waals surface area contributed by atoms with Crippen molar-refractivity contribution in [1.82, 2.24) is 15.4 Å². The molecule has 0 saturated heterocycles. The Morgan fingerprint density at radius 1 is 0.810 bits per heavy atom. The molecule has 0 aliphatic rings. The van der Waals surface area contributed by atoms with Gasteiger partial charge in [0.15, 0.2) is 11.7 Å². The summed E-state index contributed by atoms with van der Waals surface area (Å²) in [5.41, 5.74) is 12.0. The predicted octanol–water partition coefficient (Wildman–Crippen LogP) is 3.41. The Morgan fingerprint density at radius 2 is 1.31 bits per heavy atom. The van der Waals surface area contributed by atoms with E-state index in [0.717, 1.165) is 0 Å². The normalized spacial score (nSPS) is 12.9.